The molecule has 2 fully saturated rings. The highest BCUT2D eigenvalue weighted by Crippen LogP contribution is 2.30. The first-order chi connectivity index (χ1) is 8.66. The van der Waals surface area contributed by atoms with Gasteiger partial charge in [0.1, 0.15) is 0 Å². The summed E-state index contributed by atoms with van der Waals surface area (Å²) in [5, 5.41) is 0. The van der Waals surface area contributed by atoms with Gasteiger partial charge in [-0.25, -0.2) is 0 Å². The third-order valence-electron chi connectivity index (χ3n) is 4.82. The van der Waals surface area contributed by atoms with Crippen molar-refractivity contribution in [3.05, 3.63) is 0 Å². The predicted octanol–water partition coefficient (Wildman–Crippen LogP) is 1.92. The van der Waals surface area contributed by atoms with Gasteiger partial charge in [0.05, 0.1) is 0 Å². The number of piperidine rings is 2. The van der Waals surface area contributed by atoms with Crippen molar-refractivity contribution in [2.75, 3.05) is 39.3 Å². The van der Waals surface area contributed by atoms with Crippen LogP contribution in [0.25, 0.3) is 0 Å². The maximum atomic E-state index is 6.16. The molecular formula is C15H31N3. The van der Waals surface area contributed by atoms with Crippen molar-refractivity contribution in [2.24, 2.45) is 11.7 Å². The van der Waals surface area contributed by atoms with Crippen LogP contribution in [0.3, 0.4) is 0 Å². The molecule has 3 heteroatoms. The lowest BCUT2D eigenvalue weighted by Crippen LogP contribution is -2.60. The molecule has 18 heavy (non-hydrogen) atoms. The summed E-state index contributed by atoms with van der Waals surface area (Å²) in [6.45, 7) is 11.8. The zero-order valence-electron chi connectivity index (χ0n) is 12.3. The molecule has 0 aromatic heterocycles. The molecule has 0 unspecified atom stereocenters. The summed E-state index contributed by atoms with van der Waals surface area (Å²) in [6.07, 6.45) is 6.71. The molecule has 0 saturated carbocycles. The molecule has 0 bridgehead atoms. The number of likely N-dealkylation sites (tertiary alicyclic amines) is 2. The normalized spacial score (nSPS) is 26.7. The molecule has 0 spiro atoms. The van der Waals surface area contributed by atoms with Gasteiger partial charge in [-0.1, -0.05) is 20.3 Å². The topological polar surface area (TPSA) is 32.5 Å². The second kappa shape index (κ2) is 6.36. The molecule has 0 atom stereocenters. The average Bonchev–Trinajstić information content (AvgIpc) is 2.40. The lowest BCUT2D eigenvalue weighted by molar-refractivity contribution is 0.0118. The second-order valence-corrected chi connectivity index (χ2v) is 6.67. The van der Waals surface area contributed by atoms with Crippen LogP contribution in [0.1, 0.15) is 46.0 Å². The van der Waals surface area contributed by atoms with Crippen LogP contribution in [0.15, 0.2) is 0 Å². The van der Waals surface area contributed by atoms with E-state index >= 15 is 0 Å². The van der Waals surface area contributed by atoms with Crippen LogP contribution in [-0.4, -0.2) is 54.6 Å². The van der Waals surface area contributed by atoms with E-state index < -0.39 is 0 Å². The first-order valence-corrected chi connectivity index (χ1v) is 7.84. The molecule has 0 aliphatic carbocycles. The van der Waals surface area contributed by atoms with E-state index in [0.717, 1.165) is 12.5 Å². The zero-order chi connectivity index (χ0) is 13.0. The van der Waals surface area contributed by atoms with Gasteiger partial charge in [-0.2, -0.15) is 0 Å². The Morgan fingerprint density at radius 3 is 2.11 bits per heavy atom. The summed E-state index contributed by atoms with van der Waals surface area (Å²) in [5.41, 5.74) is 6.48. The molecule has 0 aromatic rings. The Hall–Kier alpha value is -0.120. The molecule has 0 radical (unpaired) electrons. The van der Waals surface area contributed by atoms with Crippen LogP contribution in [-0.2, 0) is 0 Å². The lowest BCUT2D eigenvalue weighted by atomic mass is 9.84. The molecule has 106 valence electrons. The highest BCUT2D eigenvalue weighted by Gasteiger charge is 2.38. The fourth-order valence-corrected chi connectivity index (χ4v) is 3.69. The SMILES string of the molecule is CC(C)CN1CCC(CN)(N2CCCCC2)CC1. The molecule has 2 heterocycles. The Labute approximate surface area is 113 Å². The van der Waals surface area contributed by atoms with E-state index in [1.54, 1.807) is 0 Å². The zero-order valence-corrected chi connectivity index (χ0v) is 12.3. The minimum Gasteiger partial charge on any atom is -0.329 e. The largest absolute Gasteiger partial charge is 0.329 e. The van der Waals surface area contributed by atoms with E-state index in [1.807, 2.05) is 0 Å². The summed E-state index contributed by atoms with van der Waals surface area (Å²) in [4.78, 5) is 5.34. The van der Waals surface area contributed by atoms with Crippen molar-refractivity contribution >= 4 is 0 Å². The van der Waals surface area contributed by atoms with Gasteiger partial charge in [0.15, 0.2) is 0 Å². The molecule has 2 rings (SSSR count). The van der Waals surface area contributed by atoms with Crippen LogP contribution < -0.4 is 5.73 Å². The molecule has 2 aliphatic heterocycles. The van der Waals surface area contributed by atoms with Crippen LogP contribution in [0.4, 0.5) is 0 Å². The van der Waals surface area contributed by atoms with E-state index in [-0.39, 0.29) is 0 Å². The van der Waals surface area contributed by atoms with Crippen molar-refractivity contribution in [1.82, 2.24) is 9.80 Å². The monoisotopic (exact) mass is 253 g/mol. The molecule has 0 aromatic carbocycles. The first-order valence-electron chi connectivity index (χ1n) is 7.84. The van der Waals surface area contributed by atoms with Crippen molar-refractivity contribution in [3.8, 4) is 0 Å². The van der Waals surface area contributed by atoms with E-state index in [1.165, 1.54) is 64.8 Å². The van der Waals surface area contributed by atoms with Crippen LogP contribution in [0, 0.1) is 5.92 Å². The lowest BCUT2D eigenvalue weighted by Gasteiger charge is -2.50. The molecule has 2 aliphatic rings. The molecule has 0 amide bonds. The Morgan fingerprint density at radius 1 is 1.00 bits per heavy atom. The average molecular weight is 253 g/mol. The van der Waals surface area contributed by atoms with Crippen LogP contribution in [0.2, 0.25) is 0 Å². The Kier molecular flexibility index (Phi) is 5.05. The van der Waals surface area contributed by atoms with Gasteiger partial charge < -0.3 is 10.6 Å². The number of nitrogens with zero attached hydrogens (tertiary/aromatic N) is 2. The first kappa shape index (κ1) is 14.3. The smallest absolute Gasteiger partial charge is 0.0356 e. The third kappa shape index (κ3) is 3.25. The number of rotatable bonds is 4. The highest BCUT2D eigenvalue weighted by molar-refractivity contribution is 4.97. The van der Waals surface area contributed by atoms with Crippen LogP contribution in [0.5, 0.6) is 0 Å². The van der Waals surface area contributed by atoms with Gasteiger partial charge in [0, 0.05) is 18.6 Å². The van der Waals surface area contributed by atoms with Crippen molar-refractivity contribution in [3.63, 3.8) is 0 Å². The van der Waals surface area contributed by atoms with E-state index in [0.29, 0.717) is 5.54 Å². The number of hydrogen-bond donors (Lipinski definition) is 1. The third-order valence-corrected chi connectivity index (χ3v) is 4.82. The maximum Gasteiger partial charge on any atom is 0.0356 e. The van der Waals surface area contributed by atoms with Gasteiger partial charge in [0.2, 0.25) is 0 Å². The van der Waals surface area contributed by atoms with Crippen molar-refractivity contribution in [2.45, 2.75) is 51.5 Å². The number of hydrogen-bond acceptors (Lipinski definition) is 3. The van der Waals surface area contributed by atoms with E-state index in [9.17, 15) is 0 Å². The fraction of sp³-hybridized carbons (Fsp3) is 1.00. The minimum absolute atomic E-state index is 0.327. The second-order valence-electron chi connectivity index (χ2n) is 6.67. The predicted molar refractivity (Wildman–Crippen MR) is 77.7 cm³/mol. The fourth-order valence-electron chi connectivity index (χ4n) is 3.69. The van der Waals surface area contributed by atoms with Crippen molar-refractivity contribution in [1.29, 1.82) is 0 Å². The van der Waals surface area contributed by atoms with Gasteiger partial charge >= 0.3 is 0 Å². The summed E-state index contributed by atoms with van der Waals surface area (Å²) < 4.78 is 0. The summed E-state index contributed by atoms with van der Waals surface area (Å²) in [6, 6.07) is 0. The van der Waals surface area contributed by atoms with Gasteiger partial charge in [-0.15, -0.1) is 0 Å². The Bertz CT molecular complexity index is 238. The van der Waals surface area contributed by atoms with E-state index in [4.69, 9.17) is 5.73 Å². The Morgan fingerprint density at radius 2 is 1.61 bits per heavy atom. The molecular weight excluding hydrogens is 222 g/mol. The quantitative estimate of drug-likeness (QED) is 0.831. The summed E-state index contributed by atoms with van der Waals surface area (Å²) >= 11 is 0. The number of nitrogens with two attached hydrogens (primary N) is 1. The molecule has 3 nitrogen and oxygen atoms in total. The molecule has 2 N–H and O–H groups in total. The molecule has 2 saturated heterocycles. The van der Waals surface area contributed by atoms with E-state index in [2.05, 4.69) is 23.6 Å². The van der Waals surface area contributed by atoms with Crippen molar-refractivity contribution < 1.29 is 0 Å². The van der Waals surface area contributed by atoms with Gasteiger partial charge in [0.25, 0.3) is 0 Å². The van der Waals surface area contributed by atoms with Gasteiger partial charge in [-0.3, -0.25) is 4.90 Å². The van der Waals surface area contributed by atoms with Gasteiger partial charge in [-0.05, 0) is 57.8 Å². The minimum atomic E-state index is 0.327. The Balaban J connectivity index is 1.90. The highest BCUT2D eigenvalue weighted by atomic mass is 15.2. The standard InChI is InChI=1S/C15H31N3/c1-14(2)12-17-10-6-15(13-16,7-11-17)18-8-4-3-5-9-18/h14H,3-13,16H2,1-2H3. The summed E-state index contributed by atoms with van der Waals surface area (Å²) in [5.74, 6) is 0.783. The summed E-state index contributed by atoms with van der Waals surface area (Å²) in [7, 11) is 0. The maximum absolute atomic E-state index is 6.16. The van der Waals surface area contributed by atoms with Crippen LogP contribution >= 0.6 is 0 Å².